The predicted molar refractivity (Wildman–Crippen MR) is 50.3 cm³/mol. The molecule has 0 amide bonds. The van der Waals surface area contributed by atoms with Crippen molar-refractivity contribution in [2.45, 2.75) is 11.2 Å². The van der Waals surface area contributed by atoms with Crippen molar-refractivity contribution in [2.75, 3.05) is 26.9 Å². The van der Waals surface area contributed by atoms with Crippen LogP contribution in [0.25, 0.3) is 0 Å². The molecule has 0 heterocycles. The summed E-state index contributed by atoms with van der Waals surface area (Å²) in [5.41, 5.74) is 4.50. The third kappa shape index (κ3) is 3.86. The van der Waals surface area contributed by atoms with Crippen molar-refractivity contribution >= 4 is 10.1 Å². The predicted octanol–water partition coefficient (Wildman–Crippen LogP) is -2.45. The van der Waals surface area contributed by atoms with E-state index in [-0.39, 0.29) is 0 Å². The fourth-order valence-corrected chi connectivity index (χ4v) is 1.38. The Hall–Kier alpha value is -0.250. The van der Waals surface area contributed by atoms with E-state index in [0.717, 1.165) is 0 Å². The molecule has 14 heavy (non-hydrogen) atoms. The molecule has 0 atom stereocenters. The van der Waals surface area contributed by atoms with E-state index in [1.54, 1.807) is 0 Å². The second-order valence-electron chi connectivity index (χ2n) is 2.45. The quantitative estimate of drug-likeness (QED) is 0.331. The molecule has 0 aromatic heterocycles. The van der Waals surface area contributed by atoms with Crippen LogP contribution in [0.4, 0.5) is 0 Å². The van der Waals surface area contributed by atoms with Crippen LogP contribution in [0.15, 0.2) is 0 Å². The van der Waals surface area contributed by atoms with Crippen molar-refractivity contribution in [2.24, 2.45) is 5.73 Å². The van der Waals surface area contributed by atoms with Gasteiger partial charge in [-0.15, -0.1) is 0 Å². The summed E-state index contributed by atoms with van der Waals surface area (Å²) in [6, 6.07) is 0. The van der Waals surface area contributed by atoms with E-state index in [1.807, 2.05) is 0 Å². The van der Waals surface area contributed by atoms with E-state index in [1.165, 1.54) is 7.05 Å². The molecule has 0 aliphatic carbocycles. The molecule has 88 valence electrons. The summed E-state index contributed by atoms with van der Waals surface area (Å²) in [6.07, 6.45) is -0.404. The average molecular weight is 231 g/mol. The van der Waals surface area contributed by atoms with Crippen LogP contribution in [0.1, 0.15) is 6.42 Å². The smallest absolute Gasteiger partial charge is 0.275 e. The van der Waals surface area contributed by atoms with Gasteiger partial charge in [0.2, 0.25) is 0 Å². The second kappa shape index (κ2) is 7.10. The Morgan fingerprint density at radius 2 is 1.50 bits per heavy atom. The molecule has 0 aromatic rings. The van der Waals surface area contributed by atoms with Crippen molar-refractivity contribution in [3.63, 3.8) is 0 Å². The Labute approximate surface area is 82.9 Å². The maximum atomic E-state index is 10.6. The molecule has 0 radical (unpaired) electrons. The first kappa shape index (κ1) is 16.2. The second-order valence-corrected chi connectivity index (χ2v) is 4.26. The third-order valence-electron chi connectivity index (χ3n) is 1.69. The van der Waals surface area contributed by atoms with Gasteiger partial charge in [-0.05, 0) is 13.5 Å². The molecule has 0 saturated heterocycles. The number of nitrogens with two attached hydrogens (primary N) is 1. The Balaban J connectivity index is 0. The largest absolute Gasteiger partial charge is 0.396 e. The van der Waals surface area contributed by atoms with Crippen molar-refractivity contribution in [1.82, 2.24) is 0 Å². The topological polar surface area (TPSA) is 141 Å². The first-order valence-corrected chi connectivity index (χ1v) is 5.25. The summed E-state index contributed by atoms with van der Waals surface area (Å²) < 4.78 is 27.8. The lowest BCUT2D eigenvalue weighted by Gasteiger charge is -2.24. The molecule has 0 spiro atoms. The van der Waals surface area contributed by atoms with Crippen LogP contribution >= 0.6 is 0 Å². The van der Waals surface area contributed by atoms with Crippen molar-refractivity contribution in [3.05, 3.63) is 0 Å². The molecule has 0 rings (SSSR count). The minimum atomic E-state index is -4.55. The van der Waals surface area contributed by atoms with Crippen LogP contribution in [-0.4, -0.2) is 59.9 Å². The number of hydrogen-bond acceptors (Lipinski definition) is 6. The molecule has 0 unspecified atom stereocenters. The van der Waals surface area contributed by atoms with Crippen LogP contribution in [0.3, 0.4) is 0 Å². The van der Waals surface area contributed by atoms with Gasteiger partial charge in [-0.3, -0.25) is 4.55 Å². The van der Waals surface area contributed by atoms with Crippen LogP contribution in [-0.2, 0) is 10.1 Å². The van der Waals surface area contributed by atoms with Crippen LogP contribution in [0.2, 0.25) is 0 Å². The van der Waals surface area contributed by atoms with Crippen molar-refractivity contribution in [3.8, 4) is 0 Å². The van der Waals surface area contributed by atoms with Gasteiger partial charge in [0, 0.05) is 6.61 Å². The molecule has 6 N–H and O–H groups in total. The normalized spacial score (nSPS) is 11.9. The maximum absolute atomic E-state index is 10.6. The van der Waals surface area contributed by atoms with Gasteiger partial charge < -0.3 is 21.1 Å². The maximum Gasteiger partial charge on any atom is 0.275 e. The van der Waals surface area contributed by atoms with Crippen LogP contribution in [0, 0.1) is 0 Å². The highest BCUT2D eigenvalue weighted by molar-refractivity contribution is 7.87. The van der Waals surface area contributed by atoms with Crippen LogP contribution < -0.4 is 5.73 Å². The molecule has 0 aromatic carbocycles. The molecular formula is C6H17NO6S. The lowest BCUT2D eigenvalue weighted by atomic mass is 10.1. The Bertz CT molecular complexity index is 222. The molecule has 0 aliphatic rings. The zero-order chi connectivity index (χ0) is 11.8. The van der Waals surface area contributed by atoms with Gasteiger partial charge in [0.05, 0.1) is 13.2 Å². The summed E-state index contributed by atoms with van der Waals surface area (Å²) in [5.74, 6) is 0. The van der Waals surface area contributed by atoms with Crippen molar-refractivity contribution < 1.29 is 28.3 Å². The van der Waals surface area contributed by atoms with Gasteiger partial charge >= 0.3 is 0 Å². The van der Waals surface area contributed by atoms with Gasteiger partial charge in [-0.25, -0.2) is 0 Å². The number of aliphatic hydroxyl groups is 3. The van der Waals surface area contributed by atoms with E-state index in [9.17, 15) is 8.42 Å². The summed E-state index contributed by atoms with van der Waals surface area (Å²) >= 11 is 0. The van der Waals surface area contributed by atoms with E-state index >= 15 is 0 Å². The Kier molecular flexibility index (Phi) is 8.21. The number of hydrogen-bond donors (Lipinski definition) is 5. The van der Waals surface area contributed by atoms with E-state index in [4.69, 9.17) is 19.9 Å². The highest BCUT2D eigenvalue weighted by atomic mass is 32.2. The van der Waals surface area contributed by atoms with Gasteiger partial charge in [0.1, 0.15) is 4.75 Å². The van der Waals surface area contributed by atoms with E-state index in [0.29, 0.717) is 0 Å². The Morgan fingerprint density at radius 1 is 1.14 bits per heavy atom. The molecular weight excluding hydrogens is 214 g/mol. The molecule has 8 heteroatoms. The van der Waals surface area contributed by atoms with E-state index < -0.39 is 41.1 Å². The van der Waals surface area contributed by atoms with Gasteiger partial charge in [0.25, 0.3) is 10.1 Å². The monoisotopic (exact) mass is 231 g/mol. The first-order valence-electron chi connectivity index (χ1n) is 3.81. The molecule has 0 saturated carbocycles. The zero-order valence-electron chi connectivity index (χ0n) is 7.92. The summed E-state index contributed by atoms with van der Waals surface area (Å²) in [7, 11) is -3.05. The molecule has 0 bridgehead atoms. The van der Waals surface area contributed by atoms with Gasteiger partial charge in [-0.1, -0.05) is 0 Å². The third-order valence-corrected chi connectivity index (χ3v) is 3.25. The molecule has 7 nitrogen and oxygen atoms in total. The fraction of sp³-hybridized carbons (Fsp3) is 1.00. The van der Waals surface area contributed by atoms with Crippen LogP contribution in [0.5, 0.6) is 0 Å². The summed E-state index contributed by atoms with van der Waals surface area (Å²) in [6.45, 7) is -2.40. The van der Waals surface area contributed by atoms with E-state index in [2.05, 4.69) is 5.73 Å². The van der Waals surface area contributed by atoms with Gasteiger partial charge in [-0.2, -0.15) is 8.42 Å². The highest BCUT2D eigenvalue weighted by Gasteiger charge is 2.41. The van der Waals surface area contributed by atoms with Crippen molar-refractivity contribution in [1.29, 1.82) is 0 Å². The van der Waals surface area contributed by atoms with Gasteiger partial charge in [0.15, 0.2) is 0 Å². The number of rotatable bonds is 5. The molecule has 0 aliphatic heterocycles. The minimum Gasteiger partial charge on any atom is -0.396 e. The lowest BCUT2D eigenvalue weighted by molar-refractivity contribution is 0.133. The standard InChI is InChI=1S/C5H12O6S.CH5N/c6-2-1-5(3-7,4-8)12(9,10)11;1-2/h6-8H,1-4H2,(H,9,10,11);2H2,1H3. The highest BCUT2D eigenvalue weighted by Crippen LogP contribution is 2.19. The lowest BCUT2D eigenvalue weighted by Crippen LogP contribution is -2.46. The summed E-state index contributed by atoms with van der Waals surface area (Å²) in [4.78, 5) is 0. The Morgan fingerprint density at radius 3 is 1.57 bits per heavy atom. The fourth-order valence-electron chi connectivity index (χ4n) is 0.704. The molecule has 0 fully saturated rings. The first-order chi connectivity index (χ1) is 6.43. The minimum absolute atomic E-state index is 0.404. The zero-order valence-corrected chi connectivity index (χ0v) is 8.74. The summed E-state index contributed by atoms with van der Waals surface area (Å²) in [5, 5.41) is 25.7. The number of aliphatic hydroxyl groups excluding tert-OH is 3. The SMILES string of the molecule is CN.O=S(=O)(O)C(CO)(CO)CCO. The average Bonchev–Trinajstić information content (AvgIpc) is 2.15.